The Morgan fingerprint density at radius 2 is 1.89 bits per heavy atom. The highest BCUT2D eigenvalue weighted by molar-refractivity contribution is 6.25. The molecule has 1 aromatic rings. The second kappa shape index (κ2) is 11.4. The summed E-state index contributed by atoms with van der Waals surface area (Å²) < 4.78 is 0. The molecule has 1 amide bonds. The van der Waals surface area contributed by atoms with Gasteiger partial charge in [-0.3, -0.25) is 24.2 Å². The van der Waals surface area contributed by atoms with Crippen LogP contribution in [0, 0.1) is 22.0 Å². The van der Waals surface area contributed by atoms with Crippen molar-refractivity contribution in [2.24, 2.45) is 11.8 Å². The monoisotopic (exact) mass is 632 g/mol. The van der Waals surface area contributed by atoms with E-state index in [4.69, 9.17) is 0 Å². The van der Waals surface area contributed by atoms with Gasteiger partial charge in [-0.2, -0.15) is 0 Å². The number of aliphatic hydroxyl groups excluding tert-OH is 3. The van der Waals surface area contributed by atoms with Gasteiger partial charge in [-0.05, 0) is 45.5 Å². The molecule has 1 aliphatic heterocycles. The van der Waals surface area contributed by atoms with E-state index in [9.17, 15) is 55.1 Å². The van der Waals surface area contributed by atoms with Crippen LogP contribution in [-0.4, -0.2) is 121 Å². The summed E-state index contributed by atoms with van der Waals surface area (Å²) in [5.41, 5.74) is -7.19. The van der Waals surface area contributed by atoms with Crippen LogP contribution in [-0.2, 0) is 24.8 Å². The zero-order valence-electron chi connectivity index (χ0n) is 24.8. The van der Waals surface area contributed by atoms with E-state index < -0.39 is 92.2 Å². The maximum atomic E-state index is 14.2. The lowest BCUT2D eigenvalue weighted by Gasteiger charge is -2.55. The van der Waals surface area contributed by atoms with Crippen molar-refractivity contribution in [2.45, 2.75) is 55.6 Å². The Balaban J connectivity index is 1.57. The summed E-state index contributed by atoms with van der Waals surface area (Å²) in [5, 5.41) is 80.9. The summed E-state index contributed by atoms with van der Waals surface area (Å²) >= 11 is 0. The number of amides is 1. The van der Waals surface area contributed by atoms with Crippen molar-refractivity contribution in [1.82, 2.24) is 15.1 Å². The van der Waals surface area contributed by atoms with Gasteiger partial charge >= 0.3 is 0 Å². The summed E-state index contributed by atoms with van der Waals surface area (Å²) in [6.07, 6.45) is 0.0865. The quantitative estimate of drug-likeness (QED) is 0.111. The third kappa shape index (κ3) is 4.84. The van der Waals surface area contributed by atoms with Crippen molar-refractivity contribution in [3.05, 3.63) is 56.3 Å². The molecule has 5 rings (SSSR count). The molecule has 1 aromatic carbocycles. The van der Waals surface area contributed by atoms with Gasteiger partial charge < -0.3 is 40.8 Å². The van der Waals surface area contributed by atoms with E-state index in [-0.39, 0.29) is 24.4 Å². The van der Waals surface area contributed by atoms with Crippen LogP contribution in [0.5, 0.6) is 5.75 Å². The molecule has 3 aliphatic carbocycles. The average molecular weight is 633 g/mol. The number of ketones is 2. The Morgan fingerprint density at radius 3 is 2.53 bits per heavy atom. The summed E-state index contributed by atoms with van der Waals surface area (Å²) in [6.45, 7) is 1.21. The second-order valence-corrected chi connectivity index (χ2v) is 12.3. The topological polar surface area (TPSA) is 243 Å². The number of piperidine rings is 1. The number of benzene rings is 1. The number of carbonyl (C=O) groups is 3. The number of phenolic OH excluding ortho intramolecular Hbond substituents is 1. The highest BCUT2D eigenvalue weighted by Gasteiger charge is 2.70. The number of aliphatic hydroxyl groups is 5. The minimum atomic E-state index is -3.11. The Hall–Kier alpha value is -4.09. The average Bonchev–Trinajstić information content (AvgIpc) is 2.97. The van der Waals surface area contributed by atoms with E-state index >= 15 is 0 Å². The third-order valence-corrected chi connectivity index (χ3v) is 9.58. The molecule has 16 nitrogen and oxygen atoms in total. The lowest BCUT2D eigenvalue weighted by molar-refractivity contribution is -0.758. The summed E-state index contributed by atoms with van der Waals surface area (Å²) in [4.78, 5) is 59.7. The highest BCUT2D eigenvalue weighted by Crippen LogP contribution is 2.57. The molecule has 0 spiro atoms. The number of likely N-dealkylation sites (tertiary alicyclic amines) is 1. The van der Waals surface area contributed by atoms with Crippen molar-refractivity contribution < 1.29 is 54.9 Å². The van der Waals surface area contributed by atoms with Crippen molar-refractivity contribution in [3.63, 3.8) is 0 Å². The molecular formula is C29H36N4O12. The smallest absolute Gasteiger partial charge is 0.294 e. The number of aromatic hydroxyl groups is 1. The molecule has 0 aromatic heterocycles. The number of phenols is 1. The molecule has 1 saturated carbocycles. The first-order chi connectivity index (χ1) is 21.1. The van der Waals surface area contributed by atoms with Crippen molar-refractivity contribution in [1.29, 1.82) is 0 Å². The van der Waals surface area contributed by atoms with E-state index in [0.717, 1.165) is 12.8 Å². The van der Waals surface area contributed by atoms with Crippen LogP contribution >= 0.6 is 0 Å². The molecule has 1 saturated heterocycles. The van der Waals surface area contributed by atoms with E-state index in [1.165, 1.54) is 44.1 Å². The molecule has 1 heterocycles. The largest absolute Gasteiger partial charge is 0.508 e. The fraction of sp³-hybridized carbons (Fsp3) is 0.552. The number of fused-ring (bicyclic) bond motifs is 3. The summed E-state index contributed by atoms with van der Waals surface area (Å²) in [5.74, 6) is -9.65. The first-order valence-corrected chi connectivity index (χ1v) is 14.4. The number of nitrogens with zero attached hydrogens (tertiary/aromatic N) is 3. The number of hydrogen-bond acceptors (Lipinski definition) is 14. The van der Waals surface area contributed by atoms with Gasteiger partial charge in [0.15, 0.2) is 11.4 Å². The number of rotatable bonds is 7. The standard InChI is InChI=1S/C29H36N4O12/c1-28(41)14-8-6-9-15(34)16(14)22(35)17-19(28)24(37)20-21(31(2)3)23(36)18(26(39)29(20,42)25(17)38)27(40)30-12-32-10-5-4-7-13(32)11-45-33(43)44/h6,8-9,13,19-21,24,34-35,37,39,41-42H,4-5,7,10-12H2,1-3H3,(H,30,40)/t13?,19-,20-,21+,24+,28?,29+/m1/s1. The normalized spacial score (nSPS) is 33.4. The van der Waals surface area contributed by atoms with Gasteiger partial charge in [0.1, 0.15) is 29.4 Å². The molecule has 2 fully saturated rings. The zero-order chi connectivity index (χ0) is 33.2. The first kappa shape index (κ1) is 32.3. The van der Waals surface area contributed by atoms with E-state index in [1.54, 1.807) is 4.90 Å². The zero-order valence-corrected chi connectivity index (χ0v) is 24.8. The lowest BCUT2D eigenvalue weighted by atomic mass is 9.53. The second-order valence-electron chi connectivity index (χ2n) is 12.3. The van der Waals surface area contributed by atoms with E-state index in [0.29, 0.717) is 13.0 Å². The third-order valence-electron chi connectivity index (χ3n) is 9.58. The number of likely N-dealkylation sites (N-methyl/N-ethyl adjacent to an activating group) is 1. The lowest BCUT2D eigenvalue weighted by Crippen LogP contribution is -2.72. The molecule has 7 N–H and O–H groups in total. The summed E-state index contributed by atoms with van der Waals surface area (Å²) in [7, 11) is 2.81. The maximum Gasteiger partial charge on any atom is 0.294 e. The van der Waals surface area contributed by atoms with Crippen LogP contribution in [0.15, 0.2) is 35.1 Å². The predicted octanol–water partition coefficient (Wildman–Crippen LogP) is -0.749. The maximum absolute atomic E-state index is 14.2. The molecule has 244 valence electrons. The number of nitrogens with one attached hydrogen (secondary N) is 1. The van der Waals surface area contributed by atoms with Gasteiger partial charge in [0.05, 0.1) is 47.4 Å². The Labute approximate surface area is 256 Å². The molecule has 0 radical (unpaired) electrons. The molecule has 16 heteroatoms. The van der Waals surface area contributed by atoms with Crippen LogP contribution in [0.25, 0.3) is 5.76 Å². The van der Waals surface area contributed by atoms with Crippen molar-refractivity contribution in [2.75, 3.05) is 33.9 Å². The van der Waals surface area contributed by atoms with Gasteiger partial charge in [0.2, 0.25) is 5.78 Å². The van der Waals surface area contributed by atoms with E-state index in [1.807, 2.05) is 0 Å². The SMILES string of the molecule is CN(C)[C@@H]1C(=O)C(C(=O)NCN2CCCCC2CO[N+](=O)[O-])=C(O)[C@@]2(O)C(=O)C3=C(O)c4c(O)cccc4C(C)(O)[C@H]3[C@H](O)[C@@H]12. The first-order valence-electron chi connectivity index (χ1n) is 14.4. The van der Waals surface area contributed by atoms with Crippen LogP contribution in [0.2, 0.25) is 0 Å². The number of Topliss-reactive ketones (excluding diaryl/α,β-unsaturated/α-hetero) is 2. The minimum Gasteiger partial charge on any atom is -0.508 e. The molecule has 2 unspecified atom stereocenters. The Bertz CT molecular complexity index is 1520. The van der Waals surface area contributed by atoms with Gasteiger partial charge in [0, 0.05) is 12.6 Å². The number of hydrogen-bond donors (Lipinski definition) is 7. The Morgan fingerprint density at radius 1 is 1.20 bits per heavy atom. The number of carbonyl (C=O) groups excluding carboxylic acids is 3. The van der Waals surface area contributed by atoms with Crippen LogP contribution in [0.3, 0.4) is 0 Å². The predicted molar refractivity (Wildman–Crippen MR) is 153 cm³/mol. The minimum absolute atomic E-state index is 0.0194. The Kier molecular flexibility index (Phi) is 8.16. The van der Waals surface area contributed by atoms with Crippen molar-refractivity contribution >= 4 is 23.2 Å². The van der Waals surface area contributed by atoms with Gasteiger partial charge in [-0.15, -0.1) is 10.1 Å². The molecule has 0 bridgehead atoms. The highest BCUT2D eigenvalue weighted by atomic mass is 16.9. The summed E-state index contributed by atoms with van der Waals surface area (Å²) in [6, 6.07) is 1.97. The fourth-order valence-corrected chi connectivity index (χ4v) is 7.44. The van der Waals surface area contributed by atoms with Gasteiger partial charge in [-0.25, -0.2) is 0 Å². The molecule has 4 aliphatic rings. The van der Waals surface area contributed by atoms with E-state index in [2.05, 4.69) is 10.2 Å². The van der Waals surface area contributed by atoms with Crippen LogP contribution < -0.4 is 5.32 Å². The van der Waals surface area contributed by atoms with Crippen molar-refractivity contribution in [3.8, 4) is 5.75 Å². The molecular weight excluding hydrogens is 596 g/mol. The van der Waals surface area contributed by atoms with Gasteiger partial charge in [0.25, 0.3) is 11.0 Å². The van der Waals surface area contributed by atoms with Crippen LogP contribution in [0.4, 0.5) is 0 Å². The molecule has 45 heavy (non-hydrogen) atoms. The fourth-order valence-electron chi connectivity index (χ4n) is 7.44. The van der Waals surface area contributed by atoms with Crippen LogP contribution in [0.1, 0.15) is 37.3 Å². The molecule has 7 atom stereocenters. The van der Waals surface area contributed by atoms with Gasteiger partial charge in [-0.1, -0.05) is 18.6 Å².